The minimum absolute atomic E-state index is 0.0648. The molecule has 78 valence electrons. The third-order valence-corrected chi connectivity index (χ3v) is 2.13. The van der Waals surface area contributed by atoms with Crippen LogP contribution in [-0.4, -0.2) is 11.2 Å². The summed E-state index contributed by atoms with van der Waals surface area (Å²) in [4.78, 5) is 3.68. The molecule has 0 aliphatic heterocycles. The third kappa shape index (κ3) is 1.81. The Morgan fingerprint density at radius 2 is 1.86 bits per heavy atom. The van der Waals surface area contributed by atoms with E-state index in [0.29, 0.717) is 0 Å². The Morgan fingerprint density at radius 3 is 2.29 bits per heavy atom. The van der Waals surface area contributed by atoms with E-state index >= 15 is 0 Å². The van der Waals surface area contributed by atoms with Gasteiger partial charge in [-0.05, 0) is 26.0 Å². The Bertz CT molecular complexity index is 331. The standard InChI is InChI=1S/C9H11F3N2/c1-8(2,9(10,11)12)7-5-6(13)3-4-14-7/h3-5H,1-2H3,(H2,13,14). The minimum atomic E-state index is -4.33. The molecule has 0 saturated carbocycles. The molecule has 0 aliphatic carbocycles. The van der Waals surface area contributed by atoms with Gasteiger partial charge in [-0.25, -0.2) is 0 Å². The largest absolute Gasteiger partial charge is 0.399 e. The normalized spacial score (nSPS) is 12.9. The van der Waals surface area contributed by atoms with Gasteiger partial charge in [0.2, 0.25) is 0 Å². The quantitative estimate of drug-likeness (QED) is 0.763. The minimum Gasteiger partial charge on any atom is -0.399 e. The lowest BCUT2D eigenvalue weighted by Gasteiger charge is -2.27. The van der Waals surface area contributed by atoms with Crippen LogP contribution in [0.2, 0.25) is 0 Å². The van der Waals surface area contributed by atoms with Gasteiger partial charge in [0, 0.05) is 11.9 Å². The second kappa shape index (κ2) is 3.15. The zero-order chi connectivity index (χ0) is 11.0. The van der Waals surface area contributed by atoms with E-state index in [9.17, 15) is 13.2 Å². The second-order valence-electron chi connectivity index (χ2n) is 3.60. The molecule has 2 N–H and O–H groups in total. The van der Waals surface area contributed by atoms with Gasteiger partial charge in [-0.2, -0.15) is 13.2 Å². The number of alkyl halides is 3. The molecule has 0 fully saturated rings. The number of nitrogens with zero attached hydrogens (tertiary/aromatic N) is 1. The van der Waals surface area contributed by atoms with Gasteiger partial charge >= 0.3 is 6.18 Å². The van der Waals surface area contributed by atoms with E-state index in [1.165, 1.54) is 18.3 Å². The summed E-state index contributed by atoms with van der Waals surface area (Å²) in [6, 6.07) is 2.70. The van der Waals surface area contributed by atoms with Crippen LogP contribution in [-0.2, 0) is 5.41 Å². The Kier molecular flexibility index (Phi) is 2.43. The zero-order valence-corrected chi connectivity index (χ0v) is 7.89. The van der Waals surface area contributed by atoms with Crippen molar-refractivity contribution in [1.82, 2.24) is 4.98 Å². The summed E-state index contributed by atoms with van der Waals surface area (Å²) < 4.78 is 37.7. The highest BCUT2D eigenvalue weighted by atomic mass is 19.4. The number of hydrogen-bond donors (Lipinski definition) is 1. The first-order valence-corrected chi connectivity index (χ1v) is 4.04. The maximum atomic E-state index is 12.6. The highest BCUT2D eigenvalue weighted by Crippen LogP contribution is 2.39. The van der Waals surface area contributed by atoms with Gasteiger partial charge < -0.3 is 5.73 Å². The van der Waals surface area contributed by atoms with Gasteiger partial charge in [0.1, 0.15) is 5.41 Å². The van der Waals surface area contributed by atoms with E-state index in [-0.39, 0.29) is 11.4 Å². The molecular weight excluding hydrogens is 193 g/mol. The van der Waals surface area contributed by atoms with Crippen molar-refractivity contribution in [3.8, 4) is 0 Å². The first-order chi connectivity index (χ1) is 6.25. The van der Waals surface area contributed by atoms with Crippen molar-refractivity contribution in [2.75, 3.05) is 5.73 Å². The number of aromatic nitrogens is 1. The lowest BCUT2D eigenvalue weighted by molar-refractivity contribution is -0.181. The van der Waals surface area contributed by atoms with Crippen LogP contribution in [0, 0.1) is 0 Å². The molecule has 1 aromatic heterocycles. The smallest absolute Gasteiger partial charge is 0.399 e. The van der Waals surface area contributed by atoms with Crippen molar-refractivity contribution in [2.45, 2.75) is 25.4 Å². The molecule has 2 nitrogen and oxygen atoms in total. The van der Waals surface area contributed by atoms with Crippen molar-refractivity contribution >= 4 is 5.69 Å². The fourth-order valence-corrected chi connectivity index (χ4v) is 0.934. The molecule has 0 saturated heterocycles. The predicted molar refractivity (Wildman–Crippen MR) is 47.7 cm³/mol. The van der Waals surface area contributed by atoms with Gasteiger partial charge in [-0.15, -0.1) is 0 Å². The predicted octanol–water partition coefficient (Wildman–Crippen LogP) is 2.50. The van der Waals surface area contributed by atoms with Gasteiger partial charge in [0.25, 0.3) is 0 Å². The Hall–Kier alpha value is -1.26. The maximum Gasteiger partial charge on any atom is 0.399 e. The van der Waals surface area contributed by atoms with Crippen LogP contribution in [0.1, 0.15) is 19.5 Å². The lowest BCUT2D eigenvalue weighted by Crippen LogP contribution is -2.37. The molecule has 1 heterocycles. The summed E-state index contributed by atoms with van der Waals surface area (Å²) in [6.45, 7) is 2.16. The van der Waals surface area contributed by atoms with Crippen LogP contribution < -0.4 is 5.73 Å². The van der Waals surface area contributed by atoms with Gasteiger partial charge in [-0.3, -0.25) is 4.98 Å². The molecule has 0 radical (unpaired) electrons. The number of halogens is 3. The maximum absolute atomic E-state index is 12.6. The Morgan fingerprint density at radius 1 is 1.29 bits per heavy atom. The first-order valence-electron chi connectivity index (χ1n) is 4.04. The van der Waals surface area contributed by atoms with Crippen LogP contribution in [0.5, 0.6) is 0 Å². The van der Waals surface area contributed by atoms with Gasteiger partial charge in [-0.1, -0.05) is 0 Å². The van der Waals surface area contributed by atoms with Crippen LogP contribution in [0.25, 0.3) is 0 Å². The molecule has 0 amide bonds. The van der Waals surface area contributed by atoms with Crippen molar-refractivity contribution in [1.29, 1.82) is 0 Å². The van der Waals surface area contributed by atoms with Crippen LogP contribution in [0.4, 0.5) is 18.9 Å². The molecule has 5 heteroatoms. The van der Waals surface area contributed by atoms with E-state index in [4.69, 9.17) is 5.73 Å². The summed E-state index contributed by atoms with van der Waals surface area (Å²) in [6.07, 6.45) is -3.05. The summed E-state index contributed by atoms with van der Waals surface area (Å²) >= 11 is 0. The molecule has 1 rings (SSSR count). The molecule has 14 heavy (non-hydrogen) atoms. The molecule has 0 spiro atoms. The van der Waals surface area contributed by atoms with Crippen LogP contribution in [0.3, 0.4) is 0 Å². The van der Waals surface area contributed by atoms with E-state index in [0.717, 1.165) is 13.8 Å². The van der Waals surface area contributed by atoms with E-state index in [2.05, 4.69) is 4.98 Å². The third-order valence-electron chi connectivity index (χ3n) is 2.13. The zero-order valence-electron chi connectivity index (χ0n) is 7.89. The average molecular weight is 204 g/mol. The number of nitrogen functional groups attached to an aromatic ring is 1. The summed E-state index contributed by atoms with van der Waals surface area (Å²) in [7, 11) is 0. The first kappa shape index (κ1) is 10.8. The highest BCUT2D eigenvalue weighted by molar-refractivity contribution is 5.39. The van der Waals surface area contributed by atoms with Crippen LogP contribution in [0.15, 0.2) is 18.3 Å². The Labute approximate surface area is 79.9 Å². The number of rotatable bonds is 1. The Balaban J connectivity index is 3.16. The van der Waals surface area contributed by atoms with Crippen molar-refractivity contribution in [3.63, 3.8) is 0 Å². The fourth-order valence-electron chi connectivity index (χ4n) is 0.934. The number of pyridine rings is 1. The van der Waals surface area contributed by atoms with E-state index in [1.54, 1.807) is 0 Å². The summed E-state index contributed by atoms with van der Waals surface area (Å²) in [5, 5.41) is 0. The molecule has 0 atom stereocenters. The molecule has 0 unspecified atom stereocenters. The van der Waals surface area contributed by atoms with Gasteiger partial charge in [0.15, 0.2) is 0 Å². The molecule has 1 aromatic rings. The fraction of sp³-hybridized carbons (Fsp3) is 0.444. The number of nitrogens with two attached hydrogens (primary N) is 1. The monoisotopic (exact) mass is 204 g/mol. The number of hydrogen-bond acceptors (Lipinski definition) is 2. The molecule has 0 bridgehead atoms. The summed E-state index contributed by atoms with van der Waals surface area (Å²) in [5.74, 6) is 0. The number of anilines is 1. The summed E-state index contributed by atoms with van der Waals surface area (Å²) in [5.41, 5.74) is 3.64. The van der Waals surface area contributed by atoms with Gasteiger partial charge in [0.05, 0.1) is 5.69 Å². The SMILES string of the molecule is CC(C)(c1cc(N)ccn1)C(F)(F)F. The average Bonchev–Trinajstić information content (AvgIpc) is 2.02. The molecular formula is C9H11F3N2. The lowest BCUT2D eigenvalue weighted by atomic mass is 9.88. The van der Waals surface area contributed by atoms with Crippen molar-refractivity contribution in [3.05, 3.63) is 24.0 Å². The van der Waals surface area contributed by atoms with Crippen LogP contribution >= 0.6 is 0 Å². The molecule has 0 aliphatic rings. The van der Waals surface area contributed by atoms with E-state index in [1.807, 2.05) is 0 Å². The topological polar surface area (TPSA) is 38.9 Å². The molecule has 0 aromatic carbocycles. The van der Waals surface area contributed by atoms with E-state index < -0.39 is 11.6 Å². The highest BCUT2D eigenvalue weighted by Gasteiger charge is 2.49. The van der Waals surface area contributed by atoms with Crippen molar-refractivity contribution in [2.24, 2.45) is 0 Å². The second-order valence-corrected chi connectivity index (χ2v) is 3.60. The van der Waals surface area contributed by atoms with Crippen molar-refractivity contribution < 1.29 is 13.2 Å².